The van der Waals surface area contributed by atoms with Gasteiger partial charge in [0.05, 0.1) is 16.3 Å². The Morgan fingerprint density at radius 3 is 2.50 bits per heavy atom. The fourth-order valence-corrected chi connectivity index (χ4v) is 3.10. The van der Waals surface area contributed by atoms with Gasteiger partial charge in [0, 0.05) is 18.8 Å². The van der Waals surface area contributed by atoms with Crippen LogP contribution in [0.4, 0.5) is 5.69 Å². The minimum Gasteiger partial charge on any atom is -0.491 e. The van der Waals surface area contributed by atoms with Gasteiger partial charge in [0.1, 0.15) is 18.5 Å². The lowest BCUT2D eigenvalue weighted by Crippen LogP contribution is -2.31. The van der Waals surface area contributed by atoms with Crippen LogP contribution in [0, 0.1) is 0 Å². The highest BCUT2D eigenvalue weighted by Gasteiger charge is 2.06. The lowest BCUT2D eigenvalue weighted by Gasteiger charge is -2.13. The molecule has 6 nitrogen and oxygen atoms in total. The number of benzene rings is 2. The summed E-state index contributed by atoms with van der Waals surface area (Å²) in [6.07, 6.45) is 4.22. The number of aliphatic hydroxyl groups is 1. The minimum absolute atomic E-state index is 0.113. The van der Waals surface area contributed by atoms with Gasteiger partial charge in [-0.1, -0.05) is 41.4 Å². The first kappa shape index (κ1) is 22.5. The molecule has 2 aromatic carbocycles. The molecule has 28 heavy (non-hydrogen) atoms. The summed E-state index contributed by atoms with van der Waals surface area (Å²) in [7, 11) is -3.31. The maximum Gasteiger partial charge on any atom is 0.229 e. The monoisotopic (exact) mass is 444 g/mol. The molecule has 2 rings (SSSR count). The Hall–Kier alpha value is -1.77. The quantitative estimate of drug-likeness (QED) is 0.488. The van der Waals surface area contributed by atoms with Crippen molar-refractivity contribution in [3.8, 4) is 5.75 Å². The highest BCUT2D eigenvalue weighted by atomic mass is 35.5. The second kappa shape index (κ2) is 10.7. The topological polar surface area (TPSA) is 87.7 Å². The van der Waals surface area contributed by atoms with E-state index in [1.54, 1.807) is 36.4 Å². The predicted molar refractivity (Wildman–Crippen MR) is 115 cm³/mol. The first-order valence-corrected chi connectivity index (χ1v) is 11.1. The van der Waals surface area contributed by atoms with E-state index in [4.69, 9.17) is 27.9 Å². The normalized spacial score (nSPS) is 12.9. The molecule has 3 N–H and O–H groups in total. The molecular weight excluding hydrogens is 423 g/mol. The molecule has 0 radical (unpaired) electrons. The summed E-state index contributed by atoms with van der Waals surface area (Å²) in [4.78, 5) is 0. The molecule has 0 amide bonds. The molecule has 0 spiro atoms. The molecule has 0 fully saturated rings. The number of hydrogen-bond donors (Lipinski definition) is 3. The molecule has 2 aromatic rings. The molecule has 0 aliphatic heterocycles. The molecular formula is C19H22Cl2N2O4S. The van der Waals surface area contributed by atoms with Crippen LogP contribution in [-0.4, -0.2) is 45.6 Å². The van der Waals surface area contributed by atoms with Crippen LogP contribution in [0.3, 0.4) is 0 Å². The van der Waals surface area contributed by atoms with Gasteiger partial charge in [-0.05, 0) is 42.0 Å². The summed E-state index contributed by atoms with van der Waals surface area (Å²) in [5, 5.41) is 14.1. The molecule has 0 aromatic heterocycles. The SMILES string of the molecule is CS(=O)(=O)Nc1ccc(OCC(O)CNC/C=C/c2ccc(Cl)c(Cl)c2)cc1. The lowest BCUT2D eigenvalue weighted by atomic mass is 10.2. The Morgan fingerprint density at radius 2 is 1.86 bits per heavy atom. The summed E-state index contributed by atoms with van der Waals surface area (Å²) in [5.41, 5.74) is 1.39. The van der Waals surface area contributed by atoms with Gasteiger partial charge < -0.3 is 15.2 Å². The first-order valence-electron chi connectivity index (χ1n) is 8.44. The molecule has 0 saturated heterocycles. The average Bonchev–Trinajstić information content (AvgIpc) is 2.62. The zero-order valence-corrected chi connectivity index (χ0v) is 17.6. The molecule has 0 saturated carbocycles. The van der Waals surface area contributed by atoms with Crippen LogP contribution in [0.2, 0.25) is 10.0 Å². The standard InChI is InChI=1S/C19H22Cl2N2O4S/c1-28(25,26)23-15-5-7-17(8-6-15)27-13-16(24)12-22-10-2-3-14-4-9-18(20)19(21)11-14/h2-9,11,16,22-24H,10,12-13H2,1H3/b3-2+. The van der Waals surface area contributed by atoms with E-state index in [0.717, 1.165) is 11.8 Å². The van der Waals surface area contributed by atoms with E-state index in [2.05, 4.69) is 10.0 Å². The Balaban J connectivity index is 1.67. The fraction of sp³-hybridized carbons (Fsp3) is 0.263. The number of anilines is 1. The van der Waals surface area contributed by atoms with E-state index in [-0.39, 0.29) is 6.61 Å². The molecule has 0 bridgehead atoms. The number of rotatable bonds is 10. The number of sulfonamides is 1. The van der Waals surface area contributed by atoms with Gasteiger partial charge in [0.2, 0.25) is 10.0 Å². The smallest absolute Gasteiger partial charge is 0.229 e. The highest BCUT2D eigenvalue weighted by molar-refractivity contribution is 7.92. The van der Waals surface area contributed by atoms with Gasteiger partial charge in [-0.15, -0.1) is 0 Å². The summed E-state index contributed by atoms with van der Waals surface area (Å²) in [6, 6.07) is 11.8. The van der Waals surface area contributed by atoms with Crippen LogP contribution in [0.5, 0.6) is 5.75 Å². The summed E-state index contributed by atoms with van der Waals surface area (Å²) >= 11 is 11.8. The van der Waals surface area contributed by atoms with Crippen molar-refractivity contribution in [3.05, 3.63) is 64.1 Å². The molecule has 1 atom stereocenters. The third-order valence-electron chi connectivity index (χ3n) is 3.50. The summed E-state index contributed by atoms with van der Waals surface area (Å²) < 4.78 is 30.2. The first-order chi connectivity index (χ1) is 13.2. The van der Waals surface area contributed by atoms with Crippen molar-refractivity contribution in [2.24, 2.45) is 0 Å². The van der Waals surface area contributed by atoms with E-state index in [0.29, 0.717) is 34.6 Å². The predicted octanol–water partition coefficient (Wildman–Crippen LogP) is 3.41. The number of halogens is 2. The Bertz CT molecular complexity index is 903. The fourth-order valence-electron chi connectivity index (χ4n) is 2.23. The van der Waals surface area contributed by atoms with Crippen LogP contribution in [0.15, 0.2) is 48.5 Å². The van der Waals surface area contributed by atoms with Crippen LogP contribution in [0.25, 0.3) is 6.08 Å². The van der Waals surface area contributed by atoms with Crippen LogP contribution < -0.4 is 14.8 Å². The van der Waals surface area contributed by atoms with Gasteiger partial charge in [-0.25, -0.2) is 8.42 Å². The zero-order chi connectivity index (χ0) is 20.6. The van der Waals surface area contributed by atoms with Crippen molar-refractivity contribution in [1.29, 1.82) is 0 Å². The third-order valence-corrected chi connectivity index (χ3v) is 4.84. The van der Waals surface area contributed by atoms with E-state index >= 15 is 0 Å². The molecule has 152 valence electrons. The largest absolute Gasteiger partial charge is 0.491 e. The molecule has 0 aliphatic carbocycles. The molecule has 9 heteroatoms. The Labute approximate surface area is 175 Å². The molecule has 0 heterocycles. The van der Waals surface area contributed by atoms with Gasteiger partial charge in [0.25, 0.3) is 0 Å². The van der Waals surface area contributed by atoms with Crippen molar-refractivity contribution in [1.82, 2.24) is 5.32 Å². The second-order valence-corrected chi connectivity index (χ2v) is 8.66. The Kier molecular flexibility index (Phi) is 8.59. The zero-order valence-electron chi connectivity index (χ0n) is 15.2. The lowest BCUT2D eigenvalue weighted by molar-refractivity contribution is 0.107. The van der Waals surface area contributed by atoms with Crippen molar-refractivity contribution < 1.29 is 18.3 Å². The van der Waals surface area contributed by atoms with Crippen LogP contribution in [-0.2, 0) is 10.0 Å². The maximum absolute atomic E-state index is 11.2. The van der Waals surface area contributed by atoms with Crippen LogP contribution >= 0.6 is 23.2 Å². The van der Waals surface area contributed by atoms with Crippen molar-refractivity contribution in [2.75, 3.05) is 30.7 Å². The highest BCUT2D eigenvalue weighted by Crippen LogP contribution is 2.23. The number of hydrogen-bond acceptors (Lipinski definition) is 5. The number of ether oxygens (including phenoxy) is 1. The number of aliphatic hydroxyl groups excluding tert-OH is 1. The molecule has 0 aliphatic rings. The number of nitrogens with one attached hydrogen (secondary N) is 2. The van der Waals surface area contributed by atoms with Gasteiger partial charge in [0.15, 0.2) is 0 Å². The third kappa shape index (κ3) is 8.50. The summed E-state index contributed by atoms with van der Waals surface area (Å²) in [6.45, 7) is 1.05. The van der Waals surface area contributed by atoms with E-state index in [1.807, 2.05) is 18.2 Å². The summed E-state index contributed by atoms with van der Waals surface area (Å²) in [5.74, 6) is 0.539. The van der Waals surface area contributed by atoms with E-state index in [9.17, 15) is 13.5 Å². The second-order valence-electron chi connectivity index (χ2n) is 6.10. The Morgan fingerprint density at radius 1 is 1.14 bits per heavy atom. The van der Waals surface area contributed by atoms with E-state index in [1.165, 1.54) is 0 Å². The minimum atomic E-state index is -3.31. The van der Waals surface area contributed by atoms with Gasteiger partial charge in [-0.3, -0.25) is 4.72 Å². The average molecular weight is 445 g/mol. The van der Waals surface area contributed by atoms with Gasteiger partial charge in [-0.2, -0.15) is 0 Å². The van der Waals surface area contributed by atoms with Crippen molar-refractivity contribution in [2.45, 2.75) is 6.10 Å². The maximum atomic E-state index is 11.2. The van der Waals surface area contributed by atoms with Crippen LogP contribution in [0.1, 0.15) is 5.56 Å². The van der Waals surface area contributed by atoms with Crippen molar-refractivity contribution >= 4 is 45.0 Å². The van der Waals surface area contributed by atoms with Crippen molar-refractivity contribution in [3.63, 3.8) is 0 Å². The van der Waals surface area contributed by atoms with Gasteiger partial charge >= 0.3 is 0 Å². The van der Waals surface area contributed by atoms with E-state index < -0.39 is 16.1 Å². The molecule has 1 unspecified atom stereocenters.